The number of aromatic nitrogens is 3. The van der Waals surface area contributed by atoms with Crippen molar-refractivity contribution in [2.45, 2.75) is 87.8 Å². The second kappa shape index (κ2) is 15.0. The number of benzene rings is 1. The summed E-state index contributed by atoms with van der Waals surface area (Å²) in [5.74, 6) is -1.49. The molecule has 1 aromatic carbocycles. The molecule has 0 bridgehead atoms. The van der Waals surface area contributed by atoms with E-state index in [0.29, 0.717) is 42.1 Å². The molecule has 4 atom stereocenters. The molecule has 3 fully saturated rings. The van der Waals surface area contributed by atoms with Crippen LogP contribution in [-0.2, 0) is 30.6 Å². The number of amides is 3. The van der Waals surface area contributed by atoms with Gasteiger partial charge in [-0.3, -0.25) is 19.1 Å². The predicted molar refractivity (Wildman–Crippen MR) is 190 cm³/mol. The molecule has 4 aromatic rings. The summed E-state index contributed by atoms with van der Waals surface area (Å²) in [6, 6.07) is 6.93. The molecule has 7 rings (SSSR count). The van der Waals surface area contributed by atoms with Gasteiger partial charge in [-0.1, -0.05) is 37.1 Å². The van der Waals surface area contributed by atoms with Gasteiger partial charge < -0.3 is 19.8 Å². The normalized spacial score (nSPS) is 21.6. The molecule has 3 N–H and O–H groups in total. The number of nitrogens with two attached hydrogens (primary N) is 1. The van der Waals surface area contributed by atoms with Crippen molar-refractivity contribution in [3.8, 4) is 17.3 Å². The van der Waals surface area contributed by atoms with Crippen molar-refractivity contribution in [1.82, 2.24) is 24.6 Å². The summed E-state index contributed by atoms with van der Waals surface area (Å²) in [5.41, 5.74) is 5.95. The van der Waals surface area contributed by atoms with Crippen LogP contribution in [0.2, 0.25) is 0 Å². The van der Waals surface area contributed by atoms with Gasteiger partial charge in [0.25, 0.3) is 5.88 Å². The van der Waals surface area contributed by atoms with E-state index in [-0.39, 0.29) is 60.1 Å². The van der Waals surface area contributed by atoms with E-state index in [4.69, 9.17) is 14.9 Å². The molecule has 4 heterocycles. The Labute approximate surface area is 308 Å². The van der Waals surface area contributed by atoms with Crippen LogP contribution in [0.1, 0.15) is 69.8 Å². The number of allylic oxidation sites excluding steroid dienone is 2. The van der Waals surface area contributed by atoms with Crippen LogP contribution in [0.5, 0.6) is 5.88 Å². The number of alkyl halides is 3. The Kier molecular flexibility index (Phi) is 10.3. The number of rotatable bonds is 15. The number of carbonyl (C=O) groups is 3. The zero-order chi connectivity index (χ0) is 38.2. The maximum atomic E-state index is 13.3. The number of ether oxygens (including phenoxy) is 1. The summed E-state index contributed by atoms with van der Waals surface area (Å²) in [5, 5.41) is 0.114. The minimum Gasteiger partial charge on any atom is -0.470 e. The summed E-state index contributed by atoms with van der Waals surface area (Å²) < 4.78 is 78.0. The Bertz CT molecular complexity index is 2200. The lowest BCUT2D eigenvalue weighted by Gasteiger charge is -2.21. The van der Waals surface area contributed by atoms with Crippen molar-refractivity contribution in [3.05, 3.63) is 60.3 Å². The van der Waals surface area contributed by atoms with E-state index >= 15 is 0 Å². The van der Waals surface area contributed by atoms with E-state index in [1.54, 1.807) is 12.1 Å². The number of carbonyl (C=O) groups excluding carboxylic acids is 3. The average molecular weight is 769 g/mol. The second-order valence-electron chi connectivity index (χ2n) is 14.1. The minimum atomic E-state index is -4.51. The highest BCUT2D eigenvalue weighted by Gasteiger charge is 2.45. The van der Waals surface area contributed by atoms with E-state index in [1.165, 1.54) is 23.2 Å². The fourth-order valence-corrected chi connectivity index (χ4v) is 8.12. The minimum absolute atomic E-state index is 0.00791. The molecule has 13 nitrogen and oxygen atoms in total. The van der Waals surface area contributed by atoms with Gasteiger partial charge in [0, 0.05) is 30.5 Å². The number of furan rings is 1. The lowest BCUT2D eigenvalue weighted by molar-refractivity contribution is -0.137. The number of nitrogens with zero attached hydrogens (tertiary/aromatic N) is 4. The Morgan fingerprint density at radius 2 is 1.80 bits per heavy atom. The Morgan fingerprint density at radius 1 is 1.04 bits per heavy atom. The van der Waals surface area contributed by atoms with Gasteiger partial charge in [-0.2, -0.15) is 18.2 Å². The van der Waals surface area contributed by atoms with Gasteiger partial charge in [0.2, 0.25) is 39.0 Å². The van der Waals surface area contributed by atoms with Crippen molar-refractivity contribution in [2.75, 3.05) is 6.54 Å². The SMILES string of the molecule is NC(=O)[C@@H]1C[C@@H](Oc2nc(-c3ccc(C(F)(F)F)cc3)nc3c2oc2ncccc23)CN1C(=O)CCCCCC/C=C\[C@@H]1C[C@@H]1C(=O)NS(=O)(=O)C1CC1. The Balaban J connectivity index is 0.926. The summed E-state index contributed by atoms with van der Waals surface area (Å²) in [6.45, 7) is 0.0590. The number of pyridine rings is 1. The highest BCUT2D eigenvalue weighted by Crippen LogP contribution is 2.41. The average Bonchev–Trinajstić information content (AvgIpc) is 4.06. The topological polar surface area (TPSA) is 188 Å². The van der Waals surface area contributed by atoms with Crippen LogP contribution in [0, 0.1) is 11.8 Å². The van der Waals surface area contributed by atoms with Crippen LogP contribution in [0.15, 0.2) is 59.2 Å². The van der Waals surface area contributed by atoms with Gasteiger partial charge in [-0.15, -0.1) is 0 Å². The first-order chi connectivity index (χ1) is 25.8. The first-order valence-electron chi connectivity index (χ1n) is 18.0. The maximum Gasteiger partial charge on any atom is 0.416 e. The van der Waals surface area contributed by atoms with Gasteiger partial charge in [0.05, 0.1) is 22.7 Å². The van der Waals surface area contributed by atoms with Gasteiger partial charge in [-0.25, -0.2) is 18.4 Å². The number of fused-ring (bicyclic) bond motifs is 3. The fourth-order valence-electron chi connectivity index (χ4n) is 6.77. The number of unbranched alkanes of at least 4 members (excludes halogenated alkanes) is 4. The third kappa shape index (κ3) is 8.35. The van der Waals surface area contributed by atoms with Crippen molar-refractivity contribution in [1.29, 1.82) is 0 Å². The van der Waals surface area contributed by atoms with Crippen LogP contribution < -0.4 is 15.2 Å². The molecule has 3 aromatic heterocycles. The van der Waals surface area contributed by atoms with Crippen LogP contribution in [-0.4, -0.2) is 69.9 Å². The van der Waals surface area contributed by atoms with Crippen molar-refractivity contribution >= 4 is 49.9 Å². The van der Waals surface area contributed by atoms with E-state index in [9.17, 15) is 36.0 Å². The molecule has 1 aliphatic heterocycles. The van der Waals surface area contributed by atoms with E-state index in [1.807, 2.05) is 12.2 Å². The first-order valence-corrected chi connectivity index (χ1v) is 19.5. The van der Waals surface area contributed by atoms with Gasteiger partial charge in [-0.05, 0) is 68.7 Å². The Hall–Kier alpha value is -5.06. The molecule has 54 heavy (non-hydrogen) atoms. The van der Waals surface area contributed by atoms with E-state index in [0.717, 1.165) is 37.8 Å². The molecule has 1 saturated heterocycles. The van der Waals surface area contributed by atoms with Crippen molar-refractivity contribution in [3.63, 3.8) is 0 Å². The molecule has 3 aliphatic rings. The zero-order valence-electron chi connectivity index (χ0n) is 29.1. The molecule has 286 valence electrons. The molecule has 0 radical (unpaired) electrons. The highest BCUT2D eigenvalue weighted by atomic mass is 32.2. The molecule has 2 aliphatic carbocycles. The number of hydrogen-bond donors (Lipinski definition) is 2. The second-order valence-corrected chi connectivity index (χ2v) is 16.1. The summed E-state index contributed by atoms with van der Waals surface area (Å²) in [4.78, 5) is 52.7. The zero-order valence-corrected chi connectivity index (χ0v) is 29.9. The number of hydrogen-bond acceptors (Lipinski definition) is 10. The largest absolute Gasteiger partial charge is 0.470 e. The first kappa shape index (κ1) is 37.3. The molecular weight excluding hydrogens is 730 g/mol. The monoisotopic (exact) mass is 768 g/mol. The third-order valence-corrected chi connectivity index (χ3v) is 11.8. The summed E-state index contributed by atoms with van der Waals surface area (Å²) in [7, 11) is -3.53. The standard InChI is InChI=1S/C37H39F3N6O7S/c38-37(39,40)23-13-11-21(12-14-23)33-43-30-26-9-7-17-42-35(26)53-31(30)36(44-33)52-24-19-28(32(41)48)46(20-24)29(47)10-6-4-2-1-3-5-8-22-18-27(22)34(49)45-54(50,51)25-15-16-25/h5,7-9,11-14,17,22,24-25,27-28H,1-4,6,10,15-16,18-20H2,(H2,41,48)(H,45,49)/b8-5-/t22-,24-,27+,28+/m1/s1. The van der Waals surface area contributed by atoms with Gasteiger partial charge in [0.15, 0.2) is 5.82 Å². The van der Waals surface area contributed by atoms with Crippen molar-refractivity contribution in [2.24, 2.45) is 17.6 Å². The number of primary amides is 1. The number of nitrogens with one attached hydrogen (secondary N) is 1. The van der Waals surface area contributed by atoms with Gasteiger partial charge >= 0.3 is 6.18 Å². The number of halogens is 3. The predicted octanol–water partition coefficient (Wildman–Crippen LogP) is 5.43. The third-order valence-electron chi connectivity index (χ3n) is 10.00. The van der Waals surface area contributed by atoms with Crippen LogP contribution in [0.4, 0.5) is 13.2 Å². The smallest absolute Gasteiger partial charge is 0.416 e. The molecule has 0 spiro atoms. The number of likely N-dealkylation sites (tertiary alicyclic amines) is 1. The van der Waals surface area contributed by atoms with Crippen LogP contribution >= 0.6 is 0 Å². The van der Waals surface area contributed by atoms with Crippen molar-refractivity contribution < 1.29 is 45.1 Å². The maximum absolute atomic E-state index is 13.3. The molecular formula is C37H39F3N6O7S. The molecule has 2 saturated carbocycles. The molecule has 3 amide bonds. The van der Waals surface area contributed by atoms with Gasteiger partial charge in [0.1, 0.15) is 17.7 Å². The number of sulfonamides is 1. The molecule has 0 unspecified atom stereocenters. The highest BCUT2D eigenvalue weighted by molar-refractivity contribution is 7.90. The quantitative estimate of drug-likeness (QED) is 0.117. The fraction of sp³-hybridized carbons (Fsp3) is 0.459. The molecule has 17 heteroatoms. The van der Waals surface area contributed by atoms with E-state index in [2.05, 4.69) is 19.7 Å². The summed E-state index contributed by atoms with van der Waals surface area (Å²) >= 11 is 0. The van der Waals surface area contributed by atoms with Crippen LogP contribution in [0.3, 0.4) is 0 Å². The lowest BCUT2D eigenvalue weighted by Crippen LogP contribution is -2.43. The van der Waals surface area contributed by atoms with Crippen LogP contribution in [0.25, 0.3) is 33.6 Å². The Morgan fingerprint density at radius 3 is 2.52 bits per heavy atom. The lowest BCUT2D eigenvalue weighted by atomic mass is 10.1. The summed E-state index contributed by atoms with van der Waals surface area (Å²) in [6.07, 6.45) is 6.41. The van der Waals surface area contributed by atoms with E-state index < -0.39 is 51.0 Å².